The third-order valence-electron chi connectivity index (χ3n) is 4.64. The third-order valence-corrected chi connectivity index (χ3v) is 5.61. The van der Waals surface area contributed by atoms with Crippen molar-refractivity contribution in [3.05, 3.63) is 24.3 Å². The fourth-order valence-corrected chi connectivity index (χ4v) is 4.31. The molecule has 1 aromatic heterocycles. The van der Waals surface area contributed by atoms with Crippen LogP contribution in [0.4, 0.5) is 0 Å². The summed E-state index contributed by atoms with van der Waals surface area (Å²) in [6, 6.07) is 8.40. The molecule has 1 saturated carbocycles. The highest BCUT2D eigenvalue weighted by Gasteiger charge is 2.28. The van der Waals surface area contributed by atoms with E-state index >= 15 is 0 Å². The average molecular weight is 331 g/mol. The molecule has 23 heavy (non-hydrogen) atoms. The number of H-pyrrole nitrogens is 1. The number of thioether (sulfide) groups is 1. The van der Waals surface area contributed by atoms with E-state index in [1.807, 2.05) is 31.2 Å². The van der Waals surface area contributed by atoms with Crippen molar-refractivity contribution >= 4 is 28.7 Å². The first-order valence-corrected chi connectivity index (χ1v) is 9.49. The first-order valence-electron chi connectivity index (χ1n) is 8.61. The molecule has 0 radical (unpaired) electrons. The summed E-state index contributed by atoms with van der Waals surface area (Å²) in [6.45, 7) is 4.88. The quantitative estimate of drug-likeness (QED) is 0.834. The van der Waals surface area contributed by atoms with Gasteiger partial charge in [0.2, 0.25) is 5.91 Å². The van der Waals surface area contributed by atoms with Gasteiger partial charge >= 0.3 is 0 Å². The molecular weight excluding hydrogens is 306 g/mol. The van der Waals surface area contributed by atoms with Crippen LogP contribution in [0.5, 0.6) is 0 Å². The van der Waals surface area contributed by atoms with Gasteiger partial charge in [0.1, 0.15) is 0 Å². The number of fused-ring (bicyclic) bond motifs is 1. The topological polar surface area (TPSA) is 49.0 Å². The van der Waals surface area contributed by atoms with Gasteiger partial charge in [-0.2, -0.15) is 0 Å². The second-order valence-electron chi connectivity index (χ2n) is 6.24. The Morgan fingerprint density at radius 3 is 2.78 bits per heavy atom. The molecule has 0 saturated heterocycles. The maximum absolute atomic E-state index is 12.9. The molecule has 1 aliphatic carbocycles. The van der Waals surface area contributed by atoms with E-state index in [4.69, 9.17) is 0 Å². The average Bonchev–Trinajstić information content (AvgIpc) is 2.98. The highest BCUT2D eigenvalue weighted by molar-refractivity contribution is 8.00. The van der Waals surface area contributed by atoms with Gasteiger partial charge < -0.3 is 9.88 Å². The van der Waals surface area contributed by atoms with Crippen molar-refractivity contribution in [3.63, 3.8) is 0 Å². The van der Waals surface area contributed by atoms with Gasteiger partial charge in [-0.15, -0.1) is 0 Å². The van der Waals surface area contributed by atoms with Crippen molar-refractivity contribution in [3.8, 4) is 0 Å². The number of hydrogen-bond donors (Lipinski definition) is 1. The fourth-order valence-electron chi connectivity index (χ4n) is 3.42. The van der Waals surface area contributed by atoms with Crippen LogP contribution in [-0.2, 0) is 4.79 Å². The van der Waals surface area contributed by atoms with Crippen molar-refractivity contribution in [1.29, 1.82) is 0 Å². The molecular formula is C18H25N3OS. The largest absolute Gasteiger partial charge is 0.339 e. The number of benzene rings is 1. The van der Waals surface area contributed by atoms with E-state index in [1.165, 1.54) is 31.0 Å². The van der Waals surface area contributed by atoms with Gasteiger partial charge in [-0.3, -0.25) is 4.79 Å². The number of para-hydroxylation sites is 2. The number of carbonyl (C=O) groups excluding carboxylic acids is 1. The zero-order valence-electron chi connectivity index (χ0n) is 13.9. The maximum atomic E-state index is 12.9. The number of nitrogens with one attached hydrogen (secondary N) is 1. The molecule has 0 spiro atoms. The van der Waals surface area contributed by atoms with E-state index in [9.17, 15) is 4.79 Å². The molecule has 1 aromatic carbocycles. The van der Waals surface area contributed by atoms with Crippen molar-refractivity contribution in [2.45, 2.75) is 62.4 Å². The highest BCUT2D eigenvalue weighted by atomic mass is 32.2. The van der Waals surface area contributed by atoms with Crippen LogP contribution in [0.15, 0.2) is 29.4 Å². The summed E-state index contributed by atoms with van der Waals surface area (Å²) >= 11 is 1.53. The first kappa shape index (κ1) is 16.4. The second kappa shape index (κ2) is 7.39. The molecule has 1 N–H and O–H groups in total. The lowest BCUT2D eigenvalue weighted by Gasteiger charge is -2.35. The smallest absolute Gasteiger partial charge is 0.236 e. The number of aromatic nitrogens is 2. The number of imidazole rings is 1. The predicted octanol–water partition coefficient (Wildman–Crippen LogP) is 4.22. The lowest BCUT2D eigenvalue weighted by Crippen LogP contribution is -2.44. The molecule has 1 aliphatic rings. The van der Waals surface area contributed by atoms with Crippen molar-refractivity contribution in [1.82, 2.24) is 14.9 Å². The minimum Gasteiger partial charge on any atom is -0.339 e. The molecule has 0 unspecified atom stereocenters. The Labute approximate surface area is 142 Å². The van der Waals surface area contributed by atoms with Crippen molar-refractivity contribution in [2.75, 3.05) is 6.54 Å². The molecule has 2 aromatic rings. The second-order valence-corrected chi connectivity index (χ2v) is 7.56. The van der Waals surface area contributed by atoms with Crippen molar-refractivity contribution < 1.29 is 4.79 Å². The van der Waals surface area contributed by atoms with E-state index in [0.29, 0.717) is 6.04 Å². The number of hydrogen-bond acceptors (Lipinski definition) is 3. The number of aromatic amines is 1. The van der Waals surface area contributed by atoms with E-state index in [-0.39, 0.29) is 11.2 Å². The Morgan fingerprint density at radius 1 is 1.35 bits per heavy atom. The minimum atomic E-state index is -0.113. The molecule has 3 rings (SSSR count). The van der Waals surface area contributed by atoms with Gasteiger partial charge in [-0.05, 0) is 38.8 Å². The van der Waals surface area contributed by atoms with E-state index in [1.54, 1.807) is 0 Å². The summed E-state index contributed by atoms with van der Waals surface area (Å²) < 4.78 is 0. The molecule has 0 aliphatic heterocycles. The van der Waals surface area contributed by atoms with Crippen LogP contribution in [-0.4, -0.2) is 38.6 Å². The molecule has 1 fully saturated rings. The van der Waals surface area contributed by atoms with Crippen LogP contribution in [0.3, 0.4) is 0 Å². The van der Waals surface area contributed by atoms with Crippen molar-refractivity contribution in [2.24, 2.45) is 0 Å². The molecule has 5 heteroatoms. The minimum absolute atomic E-state index is 0.113. The summed E-state index contributed by atoms with van der Waals surface area (Å²) in [7, 11) is 0. The maximum Gasteiger partial charge on any atom is 0.236 e. The third kappa shape index (κ3) is 3.71. The lowest BCUT2D eigenvalue weighted by atomic mass is 9.94. The first-order chi connectivity index (χ1) is 11.2. The Morgan fingerprint density at radius 2 is 2.09 bits per heavy atom. The van der Waals surface area contributed by atoms with Crippen LogP contribution < -0.4 is 0 Å². The normalized spacial score (nSPS) is 17.3. The summed E-state index contributed by atoms with van der Waals surface area (Å²) in [6.07, 6.45) is 6.12. The summed E-state index contributed by atoms with van der Waals surface area (Å²) in [4.78, 5) is 22.8. The number of rotatable bonds is 5. The lowest BCUT2D eigenvalue weighted by molar-refractivity contribution is -0.133. The number of amides is 1. The Hall–Kier alpha value is -1.49. The van der Waals surface area contributed by atoms with Gasteiger partial charge in [0.25, 0.3) is 0 Å². The number of nitrogens with zero attached hydrogens (tertiary/aromatic N) is 2. The van der Waals surface area contributed by atoms with Gasteiger partial charge in [-0.25, -0.2) is 4.98 Å². The van der Waals surface area contributed by atoms with Crippen LogP contribution in [0.1, 0.15) is 46.0 Å². The molecule has 0 bridgehead atoms. The molecule has 1 amide bonds. The van der Waals surface area contributed by atoms with Gasteiger partial charge in [0.05, 0.1) is 16.3 Å². The highest BCUT2D eigenvalue weighted by Crippen LogP contribution is 2.28. The van der Waals surface area contributed by atoms with Gasteiger partial charge in [-0.1, -0.05) is 43.2 Å². The molecule has 4 nitrogen and oxygen atoms in total. The van der Waals surface area contributed by atoms with Crippen LogP contribution in [0, 0.1) is 0 Å². The Balaban J connectivity index is 1.68. The predicted molar refractivity (Wildman–Crippen MR) is 95.7 cm³/mol. The summed E-state index contributed by atoms with van der Waals surface area (Å²) in [5.74, 6) is 0.241. The Bertz CT molecular complexity index is 630. The fraction of sp³-hybridized carbons (Fsp3) is 0.556. The van der Waals surface area contributed by atoms with E-state index in [2.05, 4.69) is 21.8 Å². The van der Waals surface area contributed by atoms with Gasteiger partial charge in [0.15, 0.2) is 5.16 Å². The van der Waals surface area contributed by atoms with Crippen LogP contribution in [0.2, 0.25) is 0 Å². The zero-order valence-corrected chi connectivity index (χ0v) is 14.7. The van der Waals surface area contributed by atoms with Crippen LogP contribution >= 0.6 is 11.8 Å². The molecule has 1 heterocycles. The standard InChI is InChI=1S/C18H25N3OS/c1-3-21(14-9-5-4-6-10-14)17(22)13(2)23-18-19-15-11-7-8-12-16(15)20-18/h7-8,11-14H,3-6,9-10H2,1-2H3,(H,19,20)/t13-/m0/s1. The monoisotopic (exact) mass is 331 g/mol. The van der Waals surface area contributed by atoms with Crippen LogP contribution in [0.25, 0.3) is 11.0 Å². The summed E-state index contributed by atoms with van der Waals surface area (Å²) in [5, 5.41) is 0.712. The zero-order chi connectivity index (χ0) is 16.2. The van der Waals surface area contributed by atoms with Gasteiger partial charge in [0, 0.05) is 12.6 Å². The SMILES string of the molecule is CCN(C(=O)[C@H](C)Sc1nc2ccccc2[nH]1)C1CCCCC1. The molecule has 1 atom stereocenters. The number of carbonyl (C=O) groups is 1. The molecule has 124 valence electrons. The van der Waals surface area contributed by atoms with E-state index in [0.717, 1.165) is 35.6 Å². The Kier molecular flexibility index (Phi) is 5.26. The van der Waals surface area contributed by atoms with E-state index < -0.39 is 0 Å². The summed E-state index contributed by atoms with van der Waals surface area (Å²) in [5.41, 5.74) is 1.98.